The maximum absolute atomic E-state index is 4.54. The molecule has 1 N–H and O–H groups in total. The Morgan fingerprint density at radius 2 is 1.91 bits per heavy atom. The number of aromatic nitrogens is 2. The Morgan fingerprint density at radius 3 is 2.64 bits per heavy atom. The van der Waals surface area contributed by atoms with E-state index in [1.807, 2.05) is 0 Å². The summed E-state index contributed by atoms with van der Waals surface area (Å²) in [6.45, 7) is 4.32. The fourth-order valence-corrected chi connectivity index (χ4v) is 4.00. The summed E-state index contributed by atoms with van der Waals surface area (Å²) in [5.41, 5.74) is 2.65. The van der Waals surface area contributed by atoms with Gasteiger partial charge in [0.25, 0.3) is 0 Å². The number of aryl methyl sites for hydroxylation is 2. The first kappa shape index (κ1) is 13.7. The van der Waals surface area contributed by atoms with Crippen LogP contribution < -0.4 is 5.32 Å². The Labute approximate surface area is 134 Å². The Bertz CT molecular complexity index is 806. The molecule has 3 aromatic rings. The number of hydrogen-bond acceptors (Lipinski definition) is 4. The number of anilines is 1. The molecule has 2 heterocycles. The second-order valence-corrected chi connectivity index (χ2v) is 7.26. The maximum atomic E-state index is 4.54. The Kier molecular flexibility index (Phi) is 3.34. The van der Waals surface area contributed by atoms with Gasteiger partial charge in [-0.1, -0.05) is 30.3 Å². The molecule has 112 valence electrons. The number of hydrogen-bond donors (Lipinski definition) is 1. The lowest BCUT2D eigenvalue weighted by atomic mass is 10.0. The molecule has 2 aromatic heterocycles. The van der Waals surface area contributed by atoms with Crippen LogP contribution in [0.15, 0.2) is 36.7 Å². The van der Waals surface area contributed by atoms with Crippen molar-refractivity contribution in [3.8, 4) is 0 Å². The van der Waals surface area contributed by atoms with E-state index in [4.69, 9.17) is 0 Å². The fourth-order valence-electron chi connectivity index (χ4n) is 3.00. The molecule has 0 saturated heterocycles. The van der Waals surface area contributed by atoms with Crippen molar-refractivity contribution in [1.29, 1.82) is 0 Å². The van der Waals surface area contributed by atoms with E-state index in [9.17, 15) is 0 Å². The van der Waals surface area contributed by atoms with E-state index < -0.39 is 0 Å². The van der Waals surface area contributed by atoms with Gasteiger partial charge in [0.1, 0.15) is 17.0 Å². The van der Waals surface area contributed by atoms with Crippen molar-refractivity contribution in [2.75, 3.05) is 5.32 Å². The van der Waals surface area contributed by atoms with Gasteiger partial charge in [-0.05, 0) is 43.7 Å². The van der Waals surface area contributed by atoms with E-state index >= 15 is 0 Å². The highest BCUT2D eigenvalue weighted by Gasteiger charge is 2.33. The van der Waals surface area contributed by atoms with Gasteiger partial charge in [0.15, 0.2) is 0 Å². The average molecular weight is 309 g/mol. The summed E-state index contributed by atoms with van der Waals surface area (Å²) in [7, 11) is 0. The molecule has 1 aliphatic carbocycles. The normalized spacial score (nSPS) is 15.9. The number of nitrogens with one attached hydrogen (secondary N) is 1. The molecule has 0 aliphatic heterocycles. The standard InChI is InChI=1S/C18H19N3S/c1-11-12(2)22-18-15(11)17(19-10-20-18)21-16(14-8-9-14)13-6-4-3-5-7-13/h3-7,10,14,16H,8-9H2,1-2H3,(H,19,20,21)/t16-/m0/s1. The zero-order valence-corrected chi connectivity index (χ0v) is 13.7. The topological polar surface area (TPSA) is 37.8 Å². The van der Waals surface area contributed by atoms with Gasteiger partial charge in [0, 0.05) is 4.88 Å². The Balaban J connectivity index is 1.75. The third-order valence-corrected chi connectivity index (χ3v) is 5.62. The predicted octanol–water partition coefficient (Wildman–Crippen LogP) is 4.87. The molecule has 0 unspecified atom stereocenters. The lowest BCUT2D eigenvalue weighted by molar-refractivity contribution is 0.676. The quantitative estimate of drug-likeness (QED) is 0.747. The van der Waals surface area contributed by atoms with Crippen LogP contribution in [-0.2, 0) is 0 Å². The molecule has 0 bridgehead atoms. The van der Waals surface area contributed by atoms with E-state index in [1.54, 1.807) is 17.7 Å². The monoisotopic (exact) mass is 309 g/mol. The first-order valence-electron chi connectivity index (χ1n) is 7.76. The van der Waals surface area contributed by atoms with Crippen LogP contribution in [0.1, 0.15) is 34.9 Å². The van der Waals surface area contributed by atoms with Crippen LogP contribution in [0.3, 0.4) is 0 Å². The molecule has 0 amide bonds. The molecule has 0 spiro atoms. The molecule has 1 fully saturated rings. The molecule has 3 nitrogen and oxygen atoms in total. The predicted molar refractivity (Wildman–Crippen MR) is 92.4 cm³/mol. The molecule has 1 atom stereocenters. The van der Waals surface area contributed by atoms with Gasteiger partial charge < -0.3 is 5.32 Å². The van der Waals surface area contributed by atoms with Crippen LogP contribution in [-0.4, -0.2) is 9.97 Å². The number of nitrogens with zero attached hydrogens (tertiary/aromatic N) is 2. The summed E-state index contributed by atoms with van der Waals surface area (Å²) in [5.74, 6) is 1.69. The lowest BCUT2D eigenvalue weighted by Crippen LogP contribution is -2.14. The zero-order valence-electron chi connectivity index (χ0n) is 12.8. The summed E-state index contributed by atoms with van der Waals surface area (Å²) >= 11 is 1.75. The minimum absolute atomic E-state index is 0.346. The maximum Gasteiger partial charge on any atom is 0.138 e. The summed E-state index contributed by atoms with van der Waals surface area (Å²) in [6.07, 6.45) is 4.26. The van der Waals surface area contributed by atoms with Crippen molar-refractivity contribution in [3.63, 3.8) is 0 Å². The Morgan fingerprint density at radius 1 is 1.14 bits per heavy atom. The van der Waals surface area contributed by atoms with Gasteiger partial charge in [0.05, 0.1) is 11.4 Å². The molecule has 4 heteroatoms. The highest BCUT2D eigenvalue weighted by molar-refractivity contribution is 7.18. The number of thiophene rings is 1. The third kappa shape index (κ3) is 2.37. The van der Waals surface area contributed by atoms with Gasteiger partial charge in [-0.3, -0.25) is 0 Å². The van der Waals surface area contributed by atoms with Crippen molar-refractivity contribution in [3.05, 3.63) is 52.7 Å². The van der Waals surface area contributed by atoms with Crippen molar-refractivity contribution < 1.29 is 0 Å². The number of fused-ring (bicyclic) bond motifs is 1. The SMILES string of the molecule is Cc1sc2ncnc(N[C@@H](c3ccccc3)C3CC3)c2c1C. The highest BCUT2D eigenvalue weighted by Crippen LogP contribution is 2.44. The number of benzene rings is 1. The largest absolute Gasteiger partial charge is 0.362 e. The lowest BCUT2D eigenvalue weighted by Gasteiger charge is -2.20. The molecule has 1 aromatic carbocycles. The van der Waals surface area contributed by atoms with Crippen LogP contribution in [0.4, 0.5) is 5.82 Å². The van der Waals surface area contributed by atoms with Crippen molar-refractivity contribution >= 4 is 27.4 Å². The molecular weight excluding hydrogens is 290 g/mol. The van der Waals surface area contributed by atoms with Gasteiger partial charge in [-0.25, -0.2) is 9.97 Å². The molecule has 1 aliphatic rings. The van der Waals surface area contributed by atoms with Crippen LogP contribution in [0.25, 0.3) is 10.2 Å². The second-order valence-electron chi connectivity index (χ2n) is 6.06. The summed E-state index contributed by atoms with van der Waals surface area (Å²) in [5, 5.41) is 4.90. The molecular formula is C18H19N3S. The van der Waals surface area contributed by atoms with Crippen LogP contribution >= 0.6 is 11.3 Å². The summed E-state index contributed by atoms with van der Waals surface area (Å²) in [6, 6.07) is 11.1. The molecule has 1 saturated carbocycles. The summed E-state index contributed by atoms with van der Waals surface area (Å²) < 4.78 is 0. The molecule has 22 heavy (non-hydrogen) atoms. The smallest absolute Gasteiger partial charge is 0.138 e. The van der Waals surface area contributed by atoms with Gasteiger partial charge >= 0.3 is 0 Å². The van der Waals surface area contributed by atoms with E-state index in [-0.39, 0.29) is 0 Å². The van der Waals surface area contributed by atoms with Gasteiger partial charge in [0.2, 0.25) is 0 Å². The van der Waals surface area contributed by atoms with Crippen molar-refractivity contribution in [2.24, 2.45) is 5.92 Å². The third-order valence-electron chi connectivity index (χ3n) is 4.51. The Hall–Kier alpha value is -1.94. The molecule has 0 radical (unpaired) electrons. The van der Waals surface area contributed by atoms with Gasteiger partial charge in [-0.2, -0.15) is 0 Å². The first-order valence-corrected chi connectivity index (χ1v) is 8.58. The van der Waals surface area contributed by atoms with Crippen molar-refractivity contribution in [2.45, 2.75) is 32.7 Å². The van der Waals surface area contributed by atoms with E-state index in [2.05, 4.69) is 59.5 Å². The number of rotatable bonds is 4. The fraction of sp³-hybridized carbons (Fsp3) is 0.333. The molecule has 4 rings (SSSR count). The van der Waals surface area contributed by atoms with Gasteiger partial charge in [-0.15, -0.1) is 11.3 Å². The minimum atomic E-state index is 0.346. The minimum Gasteiger partial charge on any atom is -0.362 e. The van der Waals surface area contributed by atoms with E-state index in [0.29, 0.717) is 12.0 Å². The van der Waals surface area contributed by atoms with Crippen LogP contribution in [0, 0.1) is 19.8 Å². The van der Waals surface area contributed by atoms with Crippen LogP contribution in [0.2, 0.25) is 0 Å². The van der Waals surface area contributed by atoms with E-state index in [1.165, 1.54) is 34.2 Å². The van der Waals surface area contributed by atoms with Crippen LogP contribution in [0.5, 0.6) is 0 Å². The average Bonchev–Trinajstić information content (AvgIpc) is 3.33. The zero-order chi connectivity index (χ0) is 15.1. The van der Waals surface area contributed by atoms with E-state index in [0.717, 1.165) is 10.6 Å². The summed E-state index contributed by atoms with van der Waals surface area (Å²) in [4.78, 5) is 11.4. The second kappa shape index (κ2) is 5.36. The highest BCUT2D eigenvalue weighted by atomic mass is 32.1. The first-order chi connectivity index (χ1) is 10.7. The van der Waals surface area contributed by atoms with Crippen molar-refractivity contribution in [1.82, 2.24) is 9.97 Å².